The van der Waals surface area contributed by atoms with Crippen LogP contribution >= 0.6 is 0 Å². The van der Waals surface area contributed by atoms with Crippen molar-refractivity contribution in [2.45, 2.75) is 25.4 Å². The lowest BCUT2D eigenvalue weighted by molar-refractivity contribution is -0.116. The Morgan fingerprint density at radius 1 is 1.53 bits per heavy atom. The van der Waals surface area contributed by atoms with Gasteiger partial charge in [0.25, 0.3) is 0 Å². The molecule has 1 fully saturated rings. The van der Waals surface area contributed by atoms with E-state index in [1.165, 1.54) is 6.08 Å². The Morgan fingerprint density at radius 3 is 2.93 bits per heavy atom. The number of carbonyl (C=O) groups excluding carboxylic acids is 1. The number of carbonyl (C=O) groups is 1. The van der Waals surface area contributed by atoms with Gasteiger partial charge < -0.3 is 14.8 Å². The molecule has 1 aliphatic rings. The molecular weight excluding hydrogens is 194 g/mol. The maximum absolute atomic E-state index is 10.8. The van der Waals surface area contributed by atoms with Crippen LogP contribution in [0.4, 0.5) is 0 Å². The van der Waals surface area contributed by atoms with E-state index in [0.29, 0.717) is 19.3 Å². The minimum Gasteiger partial charge on any atom is -0.381 e. The first-order valence-corrected chi connectivity index (χ1v) is 5.42. The van der Waals surface area contributed by atoms with E-state index in [0.717, 1.165) is 32.5 Å². The molecule has 0 bridgehead atoms. The van der Waals surface area contributed by atoms with Gasteiger partial charge in [0.2, 0.25) is 5.91 Å². The van der Waals surface area contributed by atoms with Gasteiger partial charge in [-0.15, -0.1) is 0 Å². The first-order valence-electron chi connectivity index (χ1n) is 5.42. The van der Waals surface area contributed by atoms with Gasteiger partial charge in [0.05, 0.1) is 6.10 Å². The normalized spacial score (nSPS) is 17.3. The van der Waals surface area contributed by atoms with E-state index in [2.05, 4.69) is 11.9 Å². The third kappa shape index (κ3) is 5.54. The monoisotopic (exact) mass is 213 g/mol. The molecule has 1 rings (SSSR count). The fourth-order valence-corrected chi connectivity index (χ4v) is 1.45. The highest BCUT2D eigenvalue weighted by atomic mass is 16.5. The number of hydrogen-bond donors (Lipinski definition) is 1. The van der Waals surface area contributed by atoms with E-state index >= 15 is 0 Å². The van der Waals surface area contributed by atoms with Crippen molar-refractivity contribution in [3.8, 4) is 0 Å². The van der Waals surface area contributed by atoms with E-state index in [1.54, 1.807) is 0 Å². The Balaban J connectivity index is 1.91. The van der Waals surface area contributed by atoms with Gasteiger partial charge >= 0.3 is 0 Å². The van der Waals surface area contributed by atoms with Gasteiger partial charge in [-0.3, -0.25) is 4.79 Å². The van der Waals surface area contributed by atoms with E-state index in [9.17, 15) is 4.79 Å². The molecule has 0 unspecified atom stereocenters. The molecule has 0 aromatic rings. The summed E-state index contributed by atoms with van der Waals surface area (Å²) in [5.41, 5.74) is 0. The van der Waals surface area contributed by atoms with Crippen LogP contribution in [0.1, 0.15) is 19.3 Å². The quantitative estimate of drug-likeness (QED) is 0.526. The molecular formula is C11H19NO3. The smallest absolute Gasteiger partial charge is 0.243 e. The Kier molecular flexibility index (Phi) is 6.04. The highest BCUT2D eigenvalue weighted by molar-refractivity contribution is 5.86. The summed E-state index contributed by atoms with van der Waals surface area (Å²) >= 11 is 0. The molecule has 4 heteroatoms. The minimum atomic E-state index is -0.124. The average molecular weight is 213 g/mol. The molecule has 15 heavy (non-hydrogen) atoms. The molecule has 1 N–H and O–H groups in total. The van der Waals surface area contributed by atoms with E-state index < -0.39 is 0 Å². The first-order chi connectivity index (χ1) is 7.33. The van der Waals surface area contributed by atoms with E-state index in [-0.39, 0.29) is 5.91 Å². The Hall–Kier alpha value is -0.870. The SMILES string of the molecule is C=CC(=O)NCCCOC1CCOCC1. The van der Waals surface area contributed by atoms with Crippen molar-refractivity contribution in [3.63, 3.8) is 0 Å². The van der Waals surface area contributed by atoms with Crippen molar-refractivity contribution in [1.29, 1.82) is 0 Å². The second-order valence-corrected chi connectivity index (χ2v) is 3.53. The summed E-state index contributed by atoms with van der Waals surface area (Å²) in [4.78, 5) is 10.8. The third-order valence-electron chi connectivity index (χ3n) is 2.33. The van der Waals surface area contributed by atoms with Crippen molar-refractivity contribution < 1.29 is 14.3 Å². The Labute approximate surface area is 90.6 Å². The second kappa shape index (κ2) is 7.43. The maximum Gasteiger partial charge on any atom is 0.243 e. The summed E-state index contributed by atoms with van der Waals surface area (Å²) in [6.07, 6.45) is 4.43. The maximum atomic E-state index is 10.8. The molecule has 1 saturated heterocycles. The number of rotatable bonds is 6. The summed E-state index contributed by atoms with van der Waals surface area (Å²) < 4.78 is 10.9. The summed E-state index contributed by atoms with van der Waals surface area (Å²) in [5.74, 6) is -0.124. The molecule has 1 heterocycles. The minimum absolute atomic E-state index is 0.124. The van der Waals surface area contributed by atoms with Crippen molar-refractivity contribution in [2.24, 2.45) is 0 Å². The number of nitrogens with one attached hydrogen (secondary N) is 1. The van der Waals surface area contributed by atoms with Gasteiger partial charge in [0.15, 0.2) is 0 Å². The molecule has 0 atom stereocenters. The van der Waals surface area contributed by atoms with Gasteiger partial charge in [-0.05, 0) is 25.3 Å². The predicted molar refractivity (Wildman–Crippen MR) is 57.6 cm³/mol. The standard InChI is InChI=1S/C11H19NO3/c1-2-11(13)12-6-3-7-15-10-4-8-14-9-5-10/h2,10H,1,3-9H2,(H,12,13). The highest BCUT2D eigenvalue weighted by Gasteiger charge is 2.13. The number of amides is 1. The number of ether oxygens (including phenoxy) is 2. The zero-order valence-electron chi connectivity index (χ0n) is 9.04. The third-order valence-corrected chi connectivity index (χ3v) is 2.33. The lowest BCUT2D eigenvalue weighted by Crippen LogP contribution is -2.26. The second-order valence-electron chi connectivity index (χ2n) is 3.53. The van der Waals surface area contributed by atoms with Crippen LogP contribution in [-0.4, -0.2) is 38.4 Å². The molecule has 86 valence electrons. The predicted octanol–water partition coefficient (Wildman–Crippen LogP) is 0.874. The molecule has 0 aromatic heterocycles. The molecule has 4 nitrogen and oxygen atoms in total. The zero-order chi connectivity index (χ0) is 10.9. The first kappa shape index (κ1) is 12.2. The zero-order valence-corrected chi connectivity index (χ0v) is 9.04. The summed E-state index contributed by atoms with van der Waals surface area (Å²) in [5, 5.41) is 2.71. The molecule has 1 aliphatic heterocycles. The summed E-state index contributed by atoms with van der Waals surface area (Å²) in [7, 11) is 0. The lowest BCUT2D eigenvalue weighted by atomic mass is 10.1. The van der Waals surface area contributed by atoms with Crippen LogP contribution < -0.4 is 5.32 Å². The van der Waals surface area contributed by atoms with Crippen LogP contribution in [0.3, 0.4) is 0 Å². The van der Waals surface area contributed by atoms with Crippen molar-refractivity contribution in [1.82, 2.24) is 5.32 Å². The van der Waals surface area contributed by atoms with Gasteiger partial charge in [0, 0.05) is 26.4 Å². The van der Waals surface area contributed by atoms with Crippen LogP contribution in [0.15, 0.2) is 12.7 Å². The summed E-state index contributed by atoms with van der Waals surface area (Å²) in [6.45, 7) is 6.33. The fraction of sp³-hybridized carbons (Fsp3) is 0.727. The molecule has 0 aromatic carbocycles. The van der Waals surface area contributed by atoms with Crippen LogP contribution in [0.25, 0.3) is 0 Å². The molecule has 0 saturated carbocycles. The average Bonchev–Trinajstić information content (AvgIpc) is 2.29. The highest BCUT2D eigenvalue weighted by Crippen LogP contribution is 2.10. The summed E-state index contributed by atoms with van der Waals surface area (Å²) in [6, 6.07) is 0. The fourth-order valence-electron chi connectivity index (χ4n) is 1.45. The molecule has 1 amide bonds. The van der Waals surface area contributed by atoms with Gasteiger partial charge in [-0.25, -0.2) is 0 Å². The van der Waals surface area contributed by atoms with Crippen LogP contribution in [0, 0.1) is 0 Å². The van der Waals surface area contributed by atoms with Crippen molar-refractivity contribution in [3.05, 3.63) is 12.7 Å². The van der Waals surface area contributed by atoms with Crippen LogP contribution in [0.5, 0.6) is 0 Å². The van der Waals surface area contributed by atoms with Crippen molar-refractivity contribution >= 4 is 5.91 Å². The number of hydrogen-bond acceptors (Lipinski definition) is 3. The van der Waals surface area contributed by atoms with Crippen molar-refractivity contribution in [2.75, 3.05) is 26.4 Å². The lowest BCUT2D eigenvalue weighted by Gasteiger charge is -2.22. The topological polar surface area (TPSA) is 47.6 Å². The molecule has 0 radical (unpaired) electrons. The van der Waals surface area contributed by atoms with Gasteiger partial charge in [0.1, 0.15) is 0 Å². The van der Waals surface area contributed by atoms with Gasteiger partial charge in [-0.2, -0.15) is 0 Å². The molecule has 0 spiro atoms. The van der Waals surface area contributed by atoms with Crippen LogP contribution in [-0.2, 0) is 14.3 Å². The van der Waals surface area contributed by atoms with E-state index in [1.807, 2.05) is 0 Å². The van der Waals surface area contributed by atoms with E-state index in [4.69, 9.17) is 9.47 Å². The molecule has 0 aliphatic carbocycles. The Morgan fingerprint density at radius 2 is 2.27 bits per heavy atom. The Bertz CT molecular complexity index is 200. The van der Waals surface area contributed by atoms with Gasteiger partial charge in [-0.1, -0.05) is 6.58 Å². The largest absolute Gasteiger partial charge is 0.381 e. The van der Waals surface area contributed by atoms with Crippen LogP contribution in [0.2, 0.25) is 0 Å².